The van der Waals surface area contributed by atoms with Crippen molar-refractivity contribution in [2.75, 3.05) is 50.0 Å². The highest BCUT2D eigenvalue weighted by Crippen LogP contribution is 2.48. The number of halogens is 3. The van der Waals surface area contributed by atoms with Gasteiger partial charge in [-0.1, -0.05) is 0 Å². The lowest BCUT2D eigenvalue weighted by molar-refractivity contribution is 0.146. The van der Waals surface area contributed by atoms with Gasteiger partial charge in [-0.2, -0.15) is 15.2 Å². The van der Waals surface area contributed by atoms with E-state index in [2.05, 4.69) is 25.1 Å². The van der Waals surface area contributed by atoms with Crippen LogP contribution in [0.1, 0.15) is 44.6 Å². The van der Waals surface area contributed by atoms with Gasteiger partial charge in [0.2, 0.25) is 0 Å². The fraction of sp³-hybridized carbons (Fsp3) is 0.500. The number of ether oxygens (including phenoxy) is 1. The third kappa shape index (κ3) is 5.03. The first kappa shape index (κ1) is 28.7. The van der Waals surface area contributed by atoms with Crippen LogP contribution < -0.4 is 20.7 Å². The van der Waals surface area contributed by atoms with Crippen molar-refractivity contribution in [2.24, 2.45) is 5.41 Å². The molecule has 3 saturated heterocycles. The van der Waals surface area contributed by atoms with Crippen LogP contribution in [0.4, 0.5) is 24.0 Å². The van der Waals surface area contributed by atoms with Crippen molar-refractivity contribution in [1.29, 1.82) is 5.26 Å². The highest BCUT2D eigenvalue weighted by molar-refractivity contribution is 7.23. The van der Waals surface area contributed by atoms with Crippen molar-refractivity contribution in [2.45, 2.75) is 56.8 Å². The number of hydrogen-bond acceptors (Lipinski definition) is 10. The summed E-state index contributed by atoms with van der Waals surface area (Å²) in [6.45, 7) is 5.30. The first-order chi connectivity index (χ1) is 21.6. The molecule has 3 N–H and O–H groups in total. The summed E-state index contributed by atoms with van der Waals surface area (Å²) < 4.78 is 52.3. The largest absolute Gasteiger partial charge is 0.463 e. The normalized spacial score (nSPS) is 25.7. The number of hydrogen-bond donors (Lipinski definition) is 2. The molecule has 3 aromatic heterocycles. The molecule has 0 amide bonds. The number of alkyl halides is 1. The molecule has 1 aromatic carbocycles. The van der Waals surface area contributed by atoms with E-state index in [0.717, 1.165) is 50.1 Å². The molecule has 6 heterocycles. The molecule has 3 aliphatic heterocycles. The van der Waals surface area contributed by atoms with Crippen LogP contribution in [0.5, 0.6) is 6.01 Å². The topological polar surface area (TPSA) is 116 Å². The molecule has 4 aliphatic rings. The smallest absolute Gasteiger partial charge is 0.319 e. The number of thiophene rings is 1. The molecule has 2 bridgehead atoms. The minimum Gasteiger partial charge on any atom is -0.463 e. The monoisotopic (exact) mass is 634 g/mol. The number of benzene rings is 1. The third-order valence-electron chi connectivity index (χ3n) is 9.87. The fourth-order valence-electron chi connectivity index (χ4n) is 7.35. The summed E-state index contributed by atoms with van der Waals surface area (Å²) >= 11 is 0.952. The molecule has 13 heteroatoms. The van der Waals surface area contributed by atoms with Crippen LogP contribution >= 0.6 is 11.3 Å². The van der Waals surface area contributed by atoms with Crippen molar-refractivity contribution >= 4 is 43.1 Å². The van der Waals surface area contributed by atoms with Crippen LogP contribution in [-0.4, -0.2) is 76.9 Å². The van der Waals surface area contributed by atoms with Gasteiger partial charge in [0.1, 0.15) is 39.6 Å². The van der Waals surface area contributed by atoms with Gasteiger partial charge in [0.25, 0.3) is 0 Å². The molecule has 4 aromatic rings. The Balaban J connectivity index is 1.19. The zero-order valence-corrected chi connectivity index (χ0v) is 25.7. The quantitative estimate of drug-likeness (QED) is 0.284. The fourth-order valence-corrected chi connectivity index (χ4v) is 8.30. The number of piperazine rings is 1. The van der Waals surface area contributed by atoms with Gasteiger partial charge in [-0.15, -0.1) is 11.3 Å². The SMILES string of the molecule is C[C@@]1(F)CCN(CC2(COc3nc(N4CC5CCC(C4)N5)c4cnc(-c5ccc(F)c6sc(N)c(C#N)c56)c(F)c4n3)CC2)C1. The average molecular weight is 635 g/mol. The number of nitrogen functional groups attached to an aromatic ring is 1. The van der Waals surface area contributed by atoms with Gasteiger partial charge in [0.15, 0.2) is 5.82 Å². The van der Waals surface area contributed by atoms with Crippen LogP contribution in [0.2, 0.25) is 0 Å². The number of nitrogens with one attached hydrogen (secondary N) is 1. The van der Waals surface area contributed by atoms with Crippen molar-refractivity contribution in [1.82, 2.24) is 25.2 Å². The Kier molecular flexibility index (Phi) is 6.64. The van der Waals surface area contributed by atoms with Gasteiger partial charge in [0, 0.05) is 67.4 Å². The van der Waals surface area contributed by atoms with Crippen LogP contribution in [0.25, 0.3) is 32.2 Å². The van der Waals surface area contributed by atoms with Gasteiger partial charge in [-0.3, -0.25) is 9.88 Å². The van der Waals surface area contributed by atoms with Crippen LogP contribution in [0.3, 0.4) is 0 Å². The van der Waals surface area contributed by atoms with Gasteiger partial charge in [-0.05, 0) is 51.2 Å². The zero-order valence-electron chi connectivity index (χ0n) is 24.9. The number of aromatic nitrogens is 3. The van der Waals surface area contributed by atoms with Gasteiger partial charge < -0.3 is 20.7 Å². The van der Waals surface area contributed by atoms with Gasteiger partial charge in [0.05, 0.1) is 22.3 Å². The molecule has 0 radical (unpaired) electrons. The summed E-state index contributed by atoms with van der Waals surface area (Å²) in [6, 6.07) is 5.40. The summed E-state index contributed by atoms with van der Waals surface area (Å²) in [5, 5.41) is 14.3. The Labute approximate surface area is 262 Å². The van der Waals surface area contributed by atoms with E-state index in [0.29, 0.717) is 55.9 Å². The Morgan fingerprint density at radius 3 is 2.64 bits per heavy atom. The highest BCUT2D eigenvalue weighted by Gasteiger charge is 2.47. The zero-order chi connectivity index (χ0) is 31.1. The number of nitriles is 1. The minimum absolute atomic E-state index is 0.0441. The number of nitrogens with zero attached hydrogens (tertiary/aromatic N) is 6. The van der Waals surface area contributed by atoms with Gasteiger partial charge in [-0.25, -0.2) is 13.2 Å². The number of likely N-dealkylation sites (tertiary alicyclic amines) is 1. The molecule has 8 rings (SSSR count). The Morgan fingerprint density at radius 2 is 1.96 bits per heavy atom. The van der Waals surface area contributed by atoms with E-state index in [4.69, 9.17) is 15.5 Å². The second-order valence-corrected chi connectivity index (χ2v) is 14.5. The minimum atomic E-state index is -1.17. The van der Waals surface area contributed by atoms with E-state index in [1.165, 1.54) is 12.1 Å². The first-order valence-corrected chi connectivity index (χ1v) is 16.3. The van der Waals surface area contributed by atoms with Crippen molar-refractivity contribution < 1.29 is 17.9 Å². The van der Waals surface area contributed by atoms with Crippen molar-refractivity contribution in [3.8, 4) is 23.3 Å². The third-order valence-corrected chi connectivity index (χ3v) is 10.9. The lowest BCUT2D eigenvalue weighted by atomic mass is 10.0. The molecular formula is C32H33F3N8OS. The van der Waals surface area contributed by atoms with E-state index in [-0.39, 0.29) is 48.9 Å². The second-order valence-electron chi connectivity index (χ2n) is 13.5. The first-order valence-electron chi connectivity index (χ1n) is 15.4. The summed E-state index contributed by atoms with van der Waals surface area (Å²) in [7, 11) is 0. The lowest BCUT2D eigenvalue weighted by Crippen LogP contribution is -2.51. The molecule has 2 unspecified atom stereocenters. The Bertz CT molecular complexity index is 1870. The molecule has 1 saturated carbocycles. The molecule has 45 heavy (non-hydrogen) atoms. The standard InChI is InChI=1S/C32H33F3N8OS/c1-31(35)8-9-42(14-31)15-32(6-7-32)16-44-30-40-26-21(29(41-30)43-12-17-2-3-18(13-43)39-17)11-38-25(24(26)34)19-4-5-22(33)27-23(19)20(10-36)28(37)45-27/h4-5,11,17-18,39H,2-3,6-9,12-16,37H2,1H3/t17?,18?,31-/m1/s1. The van der Waals surface area contributed by atoms with E-state index >= 15 is 4.39 Å². The van der Waals surface area contributed by atoms with E-state index in [9.17, 15) is 14.0 Å². The molecule has 0 spiro atoms. The molecular weight excluding hydrogens is 601 g/mol. The number of rotatable bonds is 7. The summed E-state index contributed by atoms with van der Waals surface area (Å²) in [5.41, 5.74) is 5.11. The van der Waals surface area contributed by atoms with Crippen LogP contribution in [0.15, 0.2) is 18.3 Å². The Hall–Kier alpha value is -3.73. The molecule has 3 atom stereocenters. The predicted molar refractivity (Wildman–Crippen MR) is 167 cm³/mol. The van der Waals surface area contributed by atoms with Crippen molar-refractivity contribution in [3.63, 3.8) is 0 Å². The second kappa shape index (κ2) is 10.4. The average Bonchev–Trinajstić information content (AvgIpc) is 3.39. The number of pyridine rings is 1. The van der Waals surface area contributed by atoms with Gasteiger partial charge >= 0.3 is 6.01 Å². The van der Waals surface area contributed by atoms with Crippen LogP contribution in [-0.2, 0) is 0 Å². The maximum absolute atomic E-state index is 16.7. The lowest BCUT2D eigenvalue weighted by Gasteiger charge is -2.34. The highest BCUT2D eigenvalue weighted by atomic mass is 32.1. The molecule has 1 aliphatic carbocycles. The summed E-state index contributed by atoms with van der Waals surface area (Å²) in [4.78, 5) is 18.2. The predicted octanol–water partition coefficient (Wildman–Crippen LogP) is 5.17. The molecule has 234 valence electrons. The van der Waals surface area contributed by atoms with Crippen LogP contribution in [0, 0.1) is 28.4 Å². The maximum atomic E-state index is 16.7. The number of anilines is 2. The molecule has 9 nitrogen and oxygen atoms in total. The van der Waals surface area contributed by atoms with E-state index in [1.54, 1.807) is 13.1 Å². The van der Waals surface area contributed by atoms with E-state index < -0.39 is 17.3 Å². The Morgan fingerprint density at radius 1 is 1.18 bits per heavy atom. The molecule has 4 fully saturated rings. The number of fused-ring (bicyclic) bond motifs is 4. The number of nitrogens with two attached hydrogens (primary N) is 1. The van der Waals surface area contributed by atoms with E-state index in [1.807, 2.05) is 6.07 Å². The summed E-state index contributed by atoms with van der Waals surface area (Å²) in [5.74, 6) is -0.687. The maximum Gasteiger partial charge on any atom is 0.319 e. The summed E-state index contributed by atoms with van der Waals surface area (Å²) in [6.07, 6.45) is 6.12. The van der Waals surface area contributed by atoms with Crippen molar-refractivity contribution in [3.05, 3.63) is 35.5 Å².